The standard InChI is InChI=1S/C20H17F3N2OS/c1-10-7-12(15-9-16(15)20(21,22)23)3-5-14(10)19(26)25-13-4-6-18-17(8-13)24-11(2)27-18/h3-8,15-16H,9H2,1-2H3,(H,25,26). The van der Waals surface area contributed by atoms with Crippen LogP contribution in [0.5, 0.6) is 0 Å². The number of hydrogen-bond donors (Lipinski definition) is 1. The first-order chi connectivity index (χ1) is 12.7. The van der Waals surface area contributed by atoms with Crippen LogP contribution >= 0.6 is 11.3 Å². The van der Waals surface area contributed by atoms with Gasteiger partial charge in [0, 0.05) is 11.3 Å². The summed E-state index contributed by atoms with van der Waals surface area (Å²) in [5.74, 6) is -2.03. The molecule has 2 unspecified atom stereocenters. The van der Waals surface area contributed by atoms with Crippen LogP contribution in [0.2, 0.25) is 0 Å². The van der Waals surface area contributed by atoms with E-state index in [-0.39, 0.29) is 12.3 Å². The lowest BCUT2D eigenvalue weighted by atomic mass is 10.0. The van der Waals surface area contributed by atoms with Crippen molar-refractivity contribution in [1.82, 2.24) is 4.98 Å². The molecule has 7 heteroatoms. The molecule has 3 nitrogen and oxygen atoms in total. The minimum Gasteiger partial charge on any atom is -0.322 e. The zero-order chi connectivity index (χ0) is 19.3. The maximum absolute atomic E-state index is 12.8. The van der Waals surface area contributed by atoms with Crippen molar-refractivity contribution in [2.24, 2.45) is 5.92 Å². The summed E-state index contributed by atoms with van der Waals surface area (Å²) in [5.41, 5.74) is 3.24. The lowest BCUT2D eigenvalue weighted by Crippen LogP contribution is -2.14. The number of benzene rings is 2. The number of halogens is 3. The average molecular weight is 390 g/mol. The van der Waals surface area contributed by atoms with E-state index in [2.05, 4.69) is 10.3 Å². The fourth-order valence-electron chi connectivity index (χ4n) is 3.42. The predicted molar refractivity (Wildman–Crippen MR) is 100 cm³/mol. The summed E-state index contributed by atoms with van der Waals surface area (Å²) in [4.78, 5) is 17.0. The molecule has 0 saturated heterocycles. The van der Waals surface area contributed by atoms with E-state index in [0.717, 1.165) is 15.2 Å². The SMILES string of the molecule is Cc1nc2cc(NC(=O)c3ccc(C4CC4C(F)(F)F)cc3C)ccc2s1. The van der Waals surface area contributed by atoms with Crippen LogP contribution in [0.25, 0.3) is 10.2 Å². The van der Waals surface area contributed by atoms with Crippen LogP contribution in [0.15, 0.2) is 36.4 Å². The monoisotopic (exact) mass is 390 g/mol. The Hall–Kier alpha value is -2.41. The number of rotatable bonds is 3. The number of amides is 1. The number of aromatic nitrogens is 1. The highest BCUT2D eigenvalue weighted by Crippen LogP contribution is 2.56. The van der Waals surface area contributed by atoms with Crippen molar-refractivity contribution in [1.29, 1.82) is 0 Å². The van der Waals surface area contributed by atoms with Crippen molar-refractivity contribution < 1.29 is 18.0 Å². The Labute approximate surface area is 158 Å². The fourth-order valence-corrected chi connectivity index (χ4v) is 4.22. The number of fused-ring (bicyclic) bond motifs is 1. The maximum Gasteiger partial charge on any atom is 0.392 e. The Kier molecular flexibility index (Phi) is 4.22. The van der Waals surface area contributed by atoms with Gasteiger partial charge in [-0.2, -0.15) is 13.2 Å². The van der Waals surface area contributed by atoms with Crippen LogP contribution in [-0.2, 0) is 0 Å². The van der Waals surface area contributed by atoms with Gasteiger partial charge in [0.15, 0.2) is 0 Å². The Morgan fingerprint density at radius 1 is 1.19 bits per heavy atom. The summed E-state index contributed by atoms with van der Waals surface area (Å²) in [6, 6.07) is 10.5. The second-order valence-electron chi connectivity index (χ2n) is 6.93. The lowest BCUT2D eigenvalue weighted by Gasteiger charge is -2.10. The molecule has 3 aromatic rings. The van der Waals surface area contributed by atoms with E-state index in [1.807, 2.05) is 25.1 Å². The molecule has 140 valence electrons. The van der Waals surface area contributed by atoms with Gasteiger partial charge in [-0.25, -0.2) is 4.98 Å². The zero-order valence-corrected chi connectivity index (χ0v) is 15.5. The molecule has 0 spiro atoms. The molecule has 0 radical (unpaired) electrons. The molecule has 0 bridgehead atoms. The van der Waals surface area contributed by atoms with Gasteiger partial charge in [-0.05, 0) is 61.6 Å². The highest BCUT2D eigenvalue weighted by atomic mass is 32.1. The van der Waals surface area contributed by atoms with E-state index in [1.54, 1.807) is 36.5 Å². The van der Waals surface area contributed by atoms with Gasteiger partial charge < -0.3 is 5.32 Å². The van der Waals surface area contributed by atoms with Gasteiger partial charge in [-0.15, -0.1) is 11.3 Å². The van der Waals surface area contributed by atoms with Crippen LogP contribution in [0.1, 0.15) is 38.8 Å². The molecular formula is C20H17F3N2OS. The van der Waals surface area contributed by atoms with Gasteiger partial charge in [-0.1, -0.05) is 12.1 Å². The molecule has 27 heavy (non-hydrogen) atoms. The number of thiazole rings is 1. The smallest absolute Gasteiger partial charge is 0.322 e. The van der Waals surface area contributed by atoms with E-state index < -0.39 is 18.0 Å². The van der Waals surface area contributed by atoms with Crippen LogP contribution in [0, 0.1) is 19.8 Å². The van der Waals surface area contributed by atoms with Gasteiger partial charge in [0.1, 0.15) is 0 Å². The largest absolute Gasteiger partial charge is 0.392 e. The molecule has 4 rings (SSSR count). The Morgan fingerprint density at radius 3 is 2.63 bits per heavy atom. The third-order valence-corrected chi connectivity index (χ3v) is 5.84. The summed E-state index contributed by atoms with van der Waals surface area (Å²) in [7, 11) is 0. The summed E-state index contributed by atoms with van der Waals surface area (Å²) in [5, 5.41) is 3.80. The number of nitrogens with one attached hydrogen (secondary N) is 1. The first-order valence-corrected chi connectivity index (χ1v) is 9.40. The topological polar surface area (TPSA) is 42.0 Å². The molecule has 0 aliphatic heterocycles. The number of carbonyl (C=O) groups excluding carboxylic acids is 1. The first kappa shape index (κ1) is 18.0. The van der Waals surface area contributed by atoms with Gasteiger partial charge in [0.25, 0.3) is 5.91 Å². The number of aryl methyl sites for hydroxylation is 2. The van der Waals surface area contributed by atoms with E-state index in [1.165, 1.54) is 0 Å². The van der Waals surface area contributed by atoms with E-state index in [0.29, 0.717) is 22.4 Å². The number of hydrogen-bond acceptors (Lipinski definition) is 3. The van der Waals surface area contributed by atoms with Crippen molar-refractivity contribution in [3.63, 3.8) is 0 Å². The van der Waals surface area contributed by atoms with Crippen molar-refractivity contribution >= 4 is 33.1 Å². The van der Waals surface area contributed by atoms with Crippen molar-refractivity contribution in [3.8, 4) is 0 Å². The third-order valence-electron chi connectivity index (χ3n) is 4.89. The molecule has 2 atom stereocenters. The van der Waals surface area contributed by atoms with Gasteiger partial charge >= 0.3 is 6.18 Å². The Balaban J connectivity index is 1.51. The molecule has 1 aromatic heterocycles. The summed E-state index contributed by atoms with van der Waals surface area (Å²) < 4.78 is 39.4. The minimum atomic E-state index is -4.15. The second kappa shape index (κ2) is 6.34. The van der Waals surface area contributed by atoms with E-state index in [4.69, 9.17) is 0 Å². The molecule has 1 aliphatic carbocycles. The Bertz CT molecular complexity index is 1040. The van der Waals surface area contributed by atoms with Crippen LogP contribution < -0.4 is 5.32 Å². The number of alkyl halides is 3. The summed E-state index contributed by atoms with van der Waals surface area (Å²) >= 11 is 1.59. The summed E-state index contributed by atoms with van der Waals surface area (Å²) in [6.07, 6.45) is -4.02. The lowest BCUT2D eigenvalue weighted by molar-refractivity contribution is -0.148. The molecule has 1 amide bonds. The maximum atomic E-state index is 12.8. The van der Waals surface area contributed by atoms with Crippen molar-refractivity contribution in [2.75, 3.05) is 5.32 Å². The summed E-state index contributed by atoms with van der Waals surface area (Å²) in [6.45, 7) is 3.67. The van der Waals surface area contributed by atoms with Gasteiger partial charge in [0.05, 0.1) is 21.1 Å². The Morgan fingerprint density at radius 2 is 1.96 bits per heavy atom. The number of anilines is 1. The zero-order valence-electron chi connectivity index (χ0n) is 14.7. The van der Waals surface area contributed by atoms with Gasteiger partial charge in [-0.3, -0.25) is 4.79 Å². The minimum absolute atomic E-state index is 0.127. The fraction of sp³-hybridized carbons (Fsp3) is 0.300. The molecule has 1 N–H and O–H groups in total. The van der Waals surface area contributed by atoms with Gasteiger partial charge in [0.2, 0.25) is 0 Å². The third kappa shape index (κ3) is 3.56. The highest BCUT2D eigenvalue weighted by molar-refractivity contribution is 7.18. The van der Waals surface area contributed by atoms with E-state index >= 15 is 0 Å². The average Bonchev–Trinajstić information content (AvgIpc) is 3.31. The van der Waals surface area contributed by atoms with Crippen LogP contribution in [-0.4, -0.2) is 17.1 Å². The van der Waals surface area contributed by atoms with E-state index in [9.17, 15) is 18.0 Å². The highest BCUT2D eigenvalue weighted by Gasteiger charge is 2.56. The van der Waals surface area contributed by atoms with Crippen molar-refractivity contribution in [3.05, 3.63) is 58.1 Å². The molecule has 1 saturated carbocycles. The van der Waals surface area contributed by atoms with Crippen LogP contribution in [0.3, 0.4) is 0 Å². The molecule has 2 aromatic carbocycles. The normalized spacial score (nSPS) is 19.3. The number of carbonyl (C=O) groups is 1. The first-order valence-electron chi connectivity index (χ1n) is 8.58. The van der Waals surface area contributed by atoms with Crippen molar-refractivity contribution in [2.45, 2.75) is 32.4 Å². The second-order valence-corrected chi connectivity index (χ2v) is 8.17. The predicted octanol–water partition coefficient (Wildman–Crippen LogP) is 5.83. The molecule has 1 heterocycles. The molecular weight excluding hydrogens is 373 g/mol. The number of nitrogens with zero attached hydrogens (tertiary/aromatic N) is 1. The van der Waals surface area contributed by atoms with Crippen LogP contribution in [0.4, 0.5) is 18.9 Å². The quantitative estimate of drug-likeness (QED) is 0.611. The molecule has 1 aliphatic rings. The molecule has 1 fully saturated rings.